The van der Waals surface area contributed by atoms with Crippen LogP contribution in [0.2, 0.25) is 0 Å². The molecule has 1 fully saturated rings. The van der Waals surface area contributed by atoms with E-state index in [0.29, 0.717) is 18.2 Å². The maximum atomic E-state index is 5.78. The zero-order valence-electron chi connectivity index (χ0n) is 12.0. The Morgan fingerprint density at radius 1 is 1.20 bits per heavy atom. The van der Waals surface area contributed by atoms with Crippen molar-refractivity contribution in [3.8, 4) is 11.3 Å². The van der Waals surface area contributed by atoms with Crippen LogP contribution in [0.4, 0.5) is 5.69 Å². The van der Waals surface area contributed by atoms with Crippen molar-refractivity contribution in [3.63, 3.8) is 0 Å². The van der Waals surface area contributed by atoms with Crippen LogP contribution in [0.25, 0.3) is 11.3 Å². The van der Waals surface area contributed by atoms with Gasteiger partial charge in [0.2, 0.25) is 0 Å². The maximum absolute atomic E-state index is 5.78. The summed E-state index contributed by atoms with van der Waals surface area (Å²) >= 11 is 0. The smallest absolute Gasteiger partial charge is 0.0650 e. The van der Waals surface area contributed by atoms with Crippen LogP contribution >= 0.6 is 0 Å². The second-order valence-corrected chi connectivity index (χ2v) is 5.62. The fourth-order valence-electron chi connectivity index (χ4n) is 2.95. The normalized spacial score (nSPS) is 26.4. The Balaban J connectivity index is 1.73. The number of nitrogens with zero attached hydrogens (tertiary/aromatic N) is 1. The van der Waals surface area contributed by atoms with Gasteiger partial charge in [-0.05, 0) is 44.9 Å². The van der Waals surface area contributed by atoms with Crippen LogP contribution < -0.4 is 5.32 Å². The molecule has 2 unspecified atom stereocenters. The summed E-state index contributed by atoms with van der Waals surface area (Å²) < 4.78 is 5.78. The van der Waals surface area contributed by atoms with E-state index < -0.39 is 0 Å². The molecular formula is C16H21N3O. The number of aromatic amines is 1. The summed E-state index contributed by atoms with van der Waals surface area (Å²) in [5.41, 5.74) is 3.35. The Morgan fingerprint density at radius 2 is 2.00 bits per heavy atom. The molecule has 0 amide bonds. The van der Waals surface area contributed by atoms with Crippen LogP contribution in [-0.2, 0) is 4.74 Å². The summed E-state index contributed by atoms with van der Waals surface area (Å²) in [6.45, 7) is 4.29. The van der Waals surface area contributed by atoms with Gasteiger partial charge in [-0.2, -0.15) is 5.10 Å². The number of benzene rings is 1. The molecule has 0 bridgehead atoms. The Kier molecular flexibility index (Phi) is 3.74. The van der Waals surface area contributed by atoms with Crippen molar-refractivity contribution in [2.45, 2.75) is 44.9 Å². The van der Waals surface area contributed by atoms with Crippen molar-refractivity contribution in [3.05, 3.63) is 36.5 Å². The number of anilines is 1. The molecule has 106 valence electrons. The average molecular weight is 271 g/mol. The molecule has 2 N–H and O–H groups in total. The second-order valence-electron chi connectivity index (χ2n) is 5.62. The minimum atomic E-state index is 0.326. The van der Waals surface area contributed by atoms with Crippen molar-refractivity contribution in [1.82, 2.24) is 10.2 Å². The van der Waals surface area contributed by atoms with E-state index >= 15 is 0 Å². The van der Waals surface area contributed by atoms with E-state index in [1.165, 1.54) is 0 Å². The van der Waals surface area contributed by atoms with Crippen LogP contribution in [0.1, 0.15) is 26.7 Å². The molecule has 20 heavy (non-hydrogen) atoms. The van der Waals surface area contributed by atoms with Gasteiger partial charge in [-0.25, -0.2) is 0 Å². The van der Waals surface area contributed by atoms with Crippen LogP contribution in [0.3, 0.4) is 0 Å². The molecule has 2 atom stereocenters. The first-order valence-corrected chi connectivity index (χ1v) is 7.22. The van der Waals surface area contributed by atoms with Crippen molar-refractivity contribution in [2.75, 3.05) is 5.32 Å². The number of ether oxygens (including phenoxy) is 1. The van der Waals surface area contributed by atoms with Crippen LogP contribution in [-0.4, -0.2) is 28.4 Å². The first-order chi connectivity index (χ1) is 9.70. The number of nitrogens with one attached hydrogen (secondary N) is 2. The number of hydrogen-bond acceptors (Lipinski definition) is 3. The van der Waals surface area contributed by atoms with E-state index in [1.807, 2.05) is 6.07 Å². The highest BCUT2D eigenvalue weighted by molar-refractivity contribution is 5.64. The van der Waals surface area contributed by atoms with E-state index in [2.05, 4.69) is 53.6 Å². The van der Waals surface area contributed by atoms with Gasteiger partial charge in [-0.1, -0.05) is 12.1 Å². The highest BCUT2D eigenvalue weighted by atomic mass is 16.5. The van der Waals surface area contributed by atoms with Gasteiger partial charge in [-0.3, -0.25) is 5.10 Å². The minimum absolute atomic E-state index is 0.326. The van der Waals surface area contributed by atoms with Crippen molar-refractivity contribution in [1.29, 1.82) is 0 Å². The largest absolute Gasteiger partial charge is 0.382 e. The molecule has 0 saturated carbocycles. The lowest BCUT2D eigenvalue weighted by Crippen LogP contribution is -2.36. The van der Waals surface area contributed by atoms with Crippen molar-refractivity contribution in [2.24, 2.45) is 0 Å². The molecule has 4 nitrogen and oxygen atoms in total. The third-order valence-electron chi connectivity index (χ3n) is 3.74. The highest BCUT2D eigenvalue weighted by Gasteiger charge is 2.24. The van der Waals surface area contributed by atoms with E-state index in [0.717, 1.165) is 29.8 Å². The molecule has 2 aromatic rings. The van der Waals surface area contributed by atoms with Gasteiger partial charge in [0, 0.05) is 23.5 Å². The molecule has 1 saturated heterocycles. The quantitative estimate of drug-likeness (QED) is 0.899. The van der Waals surface area contributed by atoms with E-state index in [9.17, 15) is 0 Å². The molecule has 4 heteroatoms. The van der Waals surface area contributed by atoms with Gasteiger partial charge in [0.25, 0.3) is 0 Å². The Hall–Kier alpha value is -1.81. The summed E-state index contributed by atoms with van der Waals surface area (Å²) in [4.78, 5) is 0. The zero-order chi connectivity index (χ0) is 13.9. The first kappa shape index (κ1) is 13.2. The molecule has 0 aliphatic carbocycles. The third kappa shape index (κ3) is 3.02. The van der Waals surface area contributed by atoms with Gasteiger partial charge in [0.1, 0.15) is 0 Å². The summed E-state index contributed by atoms with van der Waals surface area (Å²) in [6, 6.07) is 10.9. The van der Waals surface area contributed by atoms with Gasteiger partial charge < -0.3 is 10.1 Å². The fourth-order valence-corrected chi connectivity index (χ4v) is 2.95. The Morgan fingerprint density at radius 3 is 2.70 bits per heavy atom. The van der Waals surface area contributed by atoms with Crippen molar-refractivity contribution < 1.29 is 4.74 Å². The fraction of sp³-hybridized carbons (Fsp3) is 0.438. The molecule has 2 heterocycles. The summed E-state index contributed by atoms with van der Waals surface area (Å²) in [5.74, 6) is 0. The van der Waals surface area contributed by atoms with Crippen LogP contribution in [0, 0.1) is 0 Å². The van der Waals surface area contributed by atoms with Crippen LogP contribution in [0.5, 0.6) is 0 Å². The van der Waals surface area contributed by atoms with E-state index in [1.54, 1.807) is 6.20 Å². The van der Waals surface area contributed by atoms with E-state index in [-0.39, 0.29) is 0 Å². The maximum Gasteiger partial charge on any atom is 0.0650 e. The van der Waals surface area contributed by atoms with Gasteiger partial charge >= 0.3 is 0 Å². The highest BCUT2D eigenvalue weighted by Crippen LogP contribution is 2.25. The summed E-state index contributed by atoms with van der Waals surface area (Å²) in [5, 5.41) is 10.6. The third-order valence-corrected chi connectivity index (χ3v) is 3.74. The van der Waals surface area contributed by atoms with Gasteiger partial charge in [0.15, 0.2) is 0 Å². The minimum Gasteiger partial charge on any atom is -0.382 e. The number of rotatable bonds is 3. The molecule has 1 aliphatic heterocycles. The lowest BCUT2D eigenvalue weighted by atomic mass is 9.99. The second kappa shape index (κ2) is 5.67. The Labute approximate surface area is 119 Å². The Bertz CT molecular complexity index is 543. The molecule has 1 aromatic carbocycles. The van der Waals surface area contributed by atoms with Crippen LogP contribution in [0.15, 0.2) is 36.5 Å². The van der Waals surface area contributed by atoms with E-state index in [4.69, 9.17) is 4.74 Å². The molecule has 0 spiro atoms. The molecule has 1 aliphatic rings. The SMILES string of the molecule is CC1CC(Nc2cccc(-c3ccn[nH]3)c2)CC(C)O1. The van der Waals surface area contributed by atoms with Gasteiger partial charge in [-0.15, -0.1) is 0 Å². The van der Waals surface area contributed by atoms with Crippen molar-refractivity contribution >= 4 is 5.69 Å². The lowest BCUT2D eigenvalue weighted by Gasteiger charge is -2.33. The number of aromatic nitrogens is 2. The molecule has 1 aromatic heterocycles. The molecular weight excluding hydrogens is 250 g/mol. The predicted octanol–water partition coefficient (Wildman–Crippen LogP) is 3.44. The molecule has 0 radical (unpaired) electrons. The predicted molar refractivity (Wildman–Crippen MR) is 80.7 cm³/mol. The monoisotopic (exact) mass is 271 g/mol. The molecule has 3 rings (SSSR count). The lowest BCUT2D eigenvalue weighted by molar-refractivity contribution is -0.0337. The number of hydrogen-bond donors (Lipinski definition) is 2. The van der Waals surface area contributed by atoms with Gasteiger partial charge in [0.05, 0.1) is 17.9 Å². The average Bonchev–Trinajstić information content (AvgIpc) is 2.91. The summed E-state index contributed by atoms with van der Waals surface area (Å²) in [6.07, 6.45) is 4.54. The first-order valence-electron chi connectivity index (χ1n) is 7.22. The standard InChI is InChI=1S/C16H21N3O/c1-11-8-15(9-12(2)20-11)18-14-5-3-4-13(10-14)16-6-7-17-19-16/h3-7,10-12,15,18H,8-9H2,1-2H3,(H,17,19). The zero-order valence-corrected chi connectivity index (χ0v) is 12.0. The topological polar surface area (TPSA) is 49.9 Å². The number of H-pyrrole nitrogens is 1. The summed E-state index contributed by atoms with van der Waals surface area (Å²) in [7, 11) is 0.